The number of aldehydes is 1. The van der Waals surface area contributed by atoms with E-state index in [1.54, 1.807) is 12.1 Å². The van der Waals surface area contributed by atoms with Crippen LogP contribution in [0.25, 0.3) is 6.08 Å². The number of hydrogen-bond donors (Lipinski definition) is 1. The topological polar surface area (TPSA) is 59.3 Å². The molecule has 0 fully saturated rings. The molecule has 4 nitrogen and oxygen atoms in total. The number of carbonyl (C=O) groups is 2. The van der Waals surface area contributed by atoms with Gasteiger partial charge in [0.2, 0.25) is 5.91 Å². The zero-order valence-electron chi connectivity index (χ0n) is 6.90. The Morgan fingerprint density at radius 2 is 2.46 bits per heavy atom. The van der Waals surface area contributed by atoms with Gasteiger partial charge in [0, 0.05) is 6.08 Å². The van der Waals surface area contributed by atoms with Gasteiger partial charge in [0.1, 0.15) is 12.0 Å². The van der Waals surface area contributed by atoms with Gasteiger partial charge in [-0.25, -0.2) is 0 Å². The molecule has 0 saturated carbocycles. The van der Waals surface area contributed by atoms with Crippen LogP contribution in [0, 0.1) is 0 Å². The highest BCUT2D eigenvalue weighted by molar-refractivity contribution is 5.92. The second-order valence-electron chi connectivity index (χ2n) is 2.26. The van der Waals surface area contributed by atoms with Gasteiger partial charge in [0.05, 0.1) is 12.8 Å². The Labute approximate surface area is 75.2 Å². The lowest BCUT2D eigenvalue weighted by Gasteiger charge is -1.92. The molecule has 0 bridgehead atoms. The second kappa shape index (κ2) is 4.92. The molecule has 1 aromatic heterocycles. The first-order valence-corrected chi connectivity index (χ1v) is 3.76. The smallest absolute Gasteiger partial charge is 0.244 e. The third-order valence-electron chi connectivity index (χ3n) is 1.30. The summed E-state index contributed by atoms with van der Waals surface area (Å²) < 4.78 is 4.95. The van der Waals surface area contributed by atoms with Gasteiger partial charge < -0.3 is 14.5 Å². The fraction of sp³-hybridized carbons (Fsp3) is 0.111. The van der Waals surface area contributed by atoms with Crippen LogP contribution in [0.2, 0.25) is 0 Å². The SMILES string of the molecule is O=CCNC(=O)C=Cc1ccco1. The van der Waals surface area contributed by atoms with Crippen LogP contribution in [0.4, 0.5) is 0 Å². The van der Waals surface area contributed by atoms with Gasteiger partial charge in [0.15, 0.2) is 0 Å². The Morgan fingerprint density at radius 1 is 1.62 bits per heavy atom. The highest BCUT2D eigenvalue weighted by Crippen LogP contribution is 2.01. The van der Waals surface area contributed by atoms with E-state index in [1.807, 2.05) is 0 Å². The van der Waals surface area contributed by atoms with Crippen molar-refractivity contribution < 1.29 is 14.0 Å². The number of furan rings is 1. The summed E-state index contributed by atoms with van der Waals surface area (Å²) in [5.41, 5.74) is 0. The fourth-order valence-electron chi connectivity index (χ4n) is 0.745. The molecule has 1 aromatic rings. The van der Waals surface area contributed by atoms with Crippen molar-refractivity contribution in [1.29, 1.82) is 0 Å². The van der Waals surface area contributed by atoms with Crippen LogP contribution in [0.15, 0.2) is 28.9 Å². The van der Waals surface area contributed by atoms with Crippen LogP contribution < -0.4 is 5.32 Å². The van der Waals surface area contributed by atoms with E-state index in [-0.39, 0.29) is 12.5 Å². The normalized spacial score (nSPS) is 10.2. The Kier molecular flexibility index (Phi) is 3.50. The molecule has 0 radical (unpaired) electrons. The fourth-order valence-corrected chi connectivity index (χ4v) is 0.745. The highest BCUT2D eigenvalue weighted by Gasteiger charge is 1.93. The average Bonchev–Trinajstić information content (AvgIpc) is 2.64. The van der Waals surface area contributed by atoms with Crippen molar-refractivity contribution >= 4 is 18.3 Å². The van der Waals surface area contributed by atoms with E-state index in [4.69, 9.17) is 4.42 Å². The van der Waals surface area contributed by atoms with Gasteiger partial charge in [-0.15, -0.1) is 0 Å². The lowest BCUT2D eigenvalue weighted by Crippen LogP contribution is -2.22. The quantitative estimate of drug-likeness (QED) is 0.544. The molecular formula is C9H9NO3. The van der Waals surface area contributed by atoms with Crippen LogP contribution >= 0.6 is 0 Å². The largest absolute Gasteiger partial charge is 0.465 e. The summed E-state index contributed by atoms with van der Waals surface area (Å²) in [4.78, 5) is 20.8. The zero-order chi connectivity index (χ0) is 9.52. The van der Waals surface area contributed by atoms with Crippen LogP contribution in [0.3, 0.4) is 0 Å². The van der Waals surface area contributed by atoms with Crippen LogP contribution in [-0.2, 0) is 9.59 Å². The molecule has 1 amide bonds. The van der Waals surface area contributed by atoms with E-state index in [2.05, 4.69) is 5.32 Å². The number of carbonyl (C=O) groups excluding carboxylic acids is 2. The Hall–Kier alpha value is -1.84. The lowest BCUT2D eigenvalue weighted by molar-refractivity contribution is -0.118. The standard InChI is InChI=1S/C9H9NO3/c11-6-5-10-9(12)4-3-8-2-1-7-13-8/h1-4,6-7H,5H2,(H,10,12). The van der Waals surface area contributed by atoms with Crippen LogP contribution in [0.5, 0.6) is 0 Å². The summed E-state index contributed by atoms with van der Waals surface area (Å²) in [7, 11) is 0. The minimum absolute atomic E-state index is 0.0291. The predicted octanol–water partition coefficient (Wildman–Crippen LogP) is 0.608. The minimum atomic E-state index is -0.316. The molecule has 0 aliphatic carbocycles. The molecule has 1 rings (SSSR count). The monoisotopic (exact) mass is 179 g/mol. The summed E-state index contributed by atoms with van der Waals surface area (Å²) in [5.74, 6) is 0.282. The molecule has 1 N–H and O–H groups in total. The van der Waals surface area contributed by atoms with Crippen LogP contribution in [0.1, 0.15) is 5.76 Å². The third-order valence-corrected chi connectivity index (χ3v) is 1.30. The van der Waals surface area contributed by atoms with Gasteiger partial charge in [-0.05, 0) is 18.2 Å². The summed E-state index contributed by atoms with van der Waals surface area (Å²) in [6.45, 7) is 0.0291. The van der Waals surface area contributed by atoms with E-state index in [0.717, 1.165) is 0 Å². The second-order valence-corrected chi connectivity index (χ2v) is 2.26. The first-order chi connectivity index (χ1) is 6.33. The molecule has 0 aliphatic heterocycles. The Balaban J connectivity index is 2.39. The average molecular weight is 179 g/mol. The van der Waals surface area contributed by atoms with E-state index < -0.39 is 0 Å². The molecule has 0 atom stereocenters. The van der Waals surface area contributed by atoms with Crippen LogP contribution in [-0.4, -0.2) is 18.7 Å². The number of nitrogens with one attached hydrogen (secondary N) is 1. The number of amides is 1. The number of rotatable bonds is 4. The van der Waals surface area contributed by atoms with Crippen molar-refractivity contribution in [2.45, 2.75) is 0 Å². The van der Waals surface area contributed by atoms with Crippen molar-refractivity contribution in [2.24, 2.45) is 0 Å². The van der Waals surface area contributed by atoms with E-state index in [9.17, 15) is 9.59 Å². The zero-order valence-corrected chi connectivity index (χ0v) is 6.90. The number of hydrogen-bond acceptors (Lipinski definition) is 3. The third kappa shape index (κ3) is 3.37. The molecule has 0 saturated heterocycles. The molecular weight excluding hydrogens is 170 g/mol. The van der Waals surface area contributed by atoms with Crippen molar-refractivity contribution in [2.75, 3.05) is 6.54 Å². The Bertz CT molecular complexity index is 301. The van der Waals surface area contributed by atoms with E-state index >= 15 is 0 Å². The summed E-state index contributed by atoms with van der Waals surface area (Å²) in [5, 5.41) is 2.36. The van der Waals surface area contributed by atoms with Gasteiger partial charge in [-0.2, -0.15) is 0 Å². The van der Waals surface area contributed by atoms with Crippen molar-refractivity contribution in [1.82, 2.24) is 5.32 Å². The highest BCUT2D eigenvalue weighted by atomic mass is 16.3. The summed E-state index contributed by atoms with van der Waals surface area (Å²) in [6.07, 6.45) is 4.98. The minimum Gasteiger partial charge on any atom is -0.465 e. The first-order valence-electron chi connectivity index (χ1n) is 3.76. The van der Waals surface area contributed by atoms with Crippen molar-refractivity contribution in [3.63, 3.8) is 0 Å². The molecule has 0 aromatic carbocycles. The van der Waals surface area contributed by atoms with Crippen molar-refractivity contribution in [3.05, 3.63) is 30.2 Å². The molecule has 1 heterocycles. The predicted molar refractivity (Wildman–Crippen MR) is 46.8 cm³/mol. The molecule has 4 heteroatoms. The molecule has 13 heavy (non-hydrogen) atoms. The van der Waals surface area contributed by atoms with Gasteiger partial charge in [0.25, 0.3) is 0 Å². The maximum absolute atomic E-state index is 10.9. The van der Waals surface area contributed by atoms with E-state index in [0.29, 0.717) is 12.0 Å². The van der Waals surface area contributed by atoms with Crippen molar-refractivity contribution in [3.8, 4) is 0 Å². The Morgan fingerprint density at radius 3 is 3.08 bits per heavy atom. The van der Waals surface area contributed by atoms with Gasteiger partial charge >= 0.3 is 0 Å². The first kappa shape index (κ1) is 9.25. The summed E-state index contributed by atoms with van der Waals surface area (Å²) in [6, 6.07) is 3.45. The maximum atomic E-state index is 10.9. The lowest BCUT2D eigenvalue weighted by atomic mass is 10.4. The molecule has 0 spiro atoms. The summed E-state index contributed by atoms with van der Waals surface area (Å²) >= 11 is 0. The maximum Gasteiger partial charge on any atom is 0.244 e. The van der Waals surface area contributed by atoms with Gasteiger partial charge in [-0.1, -0.05) is 0 Å². The molecule has 0 aliphatic rings. The molecule has 0 unspecified atom stereocenters. The van der Waals surface area contributed by atoms with E-state index in [1.165, 1.54) is 18.4 Å². The molecule has 68 valence electrons. The van der Waals surface area contributed by atoms with Gasteiger partial charge in [-0.3, -0.25) is 4.79 Å².